The Bertz CT molecular complexity index is 592. The molecule has 110 valence electrons. The highest BCUT2D eigenvalue weighted by Gasteiger charge is 2.19. The van der Waals surface area contributed by atoms with Gasteiger partial charge in [0.05, 0.1) is 4.92 Å². The fraction of sp³-hybridized carbons (Fsp3) is 0.357. The van der Waals surface area contributed by atoms with Gasteiger partial charge in [0.2, 0.25) is 0 Å². The largest absolute Gasteiger partial charge is 0.354 e. The van der Waals surface area contributed by atoms with Crippen molar-refractivity contribution in [2.24, 2.45) is 0 Å². The molecule has 1 saturated heterocycles. The average molecular weight is 304 g/mol. The number of rotatable bonds is 4. The van der Waals surface area contributed by atoms with Crippen LogP contribution in [0.25, 0.3) is 0 Å². The topological polar surface area (TPSA) is 62.5 Å². The summed E-state index contributed by atoms with van der Waals surface area (Å²) in [7, 11) is 0. The van der Waals surface area contributed by atoms with Gasteiger partial charge >= 0.3 is 0 Å². The molecule has 1 aliphatic heterocycles. The number of anilines is 1. The van der Waals surface area contributed by atoms with Gasteiger partial charge in [0.15, 0.2) is 0 Å². The van der Waals surface area contributed by atoms with Crippen LogP contribution in [0.2, 0.25) is 0 Å². The normalized spacial score (nSPS) is 16.1. The van der Waals surface area contributed by atoms with Crippen molar-refractivity contribution in [1.82, 2.24) is 9.88 Å². The quantitative estimate of drug-likeness (QED) is 0.641. The number of nitro groups is 1. The lowest BCUT2D eigenvalue weighted by atomic mass is 10.3. The first-order valence-corrected chi connectivity index (χ1v) is 7.70. The van der Waals surface area contributed by atoms with Gasteiger partial charge in [-0.05, 0) is 17.5 Å². The van der Waals surface area contributed by atoms with Crippen LogP contribution in [0.3, 0.4) is 0 Å². The number of thiophene rings is 1. The molecule has 0 N–H and O–H groups in total. The maximum atomic E-state index is 10.6. The van der Waals surface area contributed by atoms with Crippen LogP contribution in [0.15, 0.2) is 35.8 Å². The molecule has 0 aliphatic carbocycles. The minimum absolute atomic E-state index is 0.0371. The lowest BCUT2D eigenvalue weighted by Gasteiger charge is -2.35. The predicted molar refractivity (Wildman–Crippen MR) is 82.7 cm³/mol. The standard InChI is InChI=1S/C14H16N4O2S/c19-18(20)12-3-4-14(15-10-12)17-7-5-16(6-8-17)11-13-2-1-9-21-13/h1-4,9-10H,5-8,11H2. The van der Waals surface area contributed by atoms with Gasteiger partial charge < -0.3 is 4.90 Å². The van der Waals surface area contributed by atoms with Crippen molar-refractivity contribution in [1.29, 1.82) is 0 Å². The summed E-state index contributed by atoms with van der Waals surface area (Å²) in [5.74, 6) is 0.816. The summed E-state index contributed by atoms with van der Waals surface area (Å²) in [6.07, 6.45) is 1.33. The summed E-state index contributed by atoms with van der Waals surface area (Å²) in [6.45, 7) is 4.76. The van der Waals surface area contributed by atoms with Crippen molar-refractivity contribution in [3.63, 3.8) is 0 Å². The second-order valence-electron chi connectivity index (χ2n) is 4.97. The first-order valence-electron chi connectivity index (χ1n) is 6.82. The minimum Gasteiger partial charge on any atom is -0.354 e. The Morgan fingerprint density at radius 2 is 2.05 bits per heavy atom. The molecule has 1 aliphatic rings. The van der Waals surface area contributed by atoms with Gasteiger partial charge in [-0.15, -0.1) is 11.3 Å². The molecule has 0 bridgehead atoms. The van der Waals surface area contributed by atoms with Crippen molar-refractivity contribution in [3.05, 3.63) is 50.8 Å². The zero-order chi connectivity index (χ0) is 14.7. The van der Waals surface area contributed by atoms with Crippen molar-refractivity contribution >= 4 is 22.8 Å². The molecule has 0 saturated carbocycles. The molecule has 21 heavy (non-hydrogen) atoms. The van der Waals surface area contributed by atoms with E-state index in [4.69, 9.17) is 0 Å². The van der Waals surface area contributed by atoms with E-state index >= 15 is 0 Å². The third-order valence-electron chi connectivity index (χ3n) is 3.60. The van der Waals surface area contributed by atoms with E-state index in [-0.39, 0.29) is 5.69 Å². The molecule has 0 aromatic carbocycles. The predicted octanol–water partition coefficient (Wildman–Crippen LogP) is 2.37. The van der Waals surface area contributed by atoms with Crippen LogP contribution in [0.1, 0.15) is 4.88 Å². The Hall–Kier alpha value is -1.99. The Labute approximate surface area is 126 Å². The Morgan fingerprint density at radius 1 is 1.24 bits per heavy atom. The first kappa shape index (κ1) is 14.0. The number of piperazine rings is 1. The number of pyridine rings is 1. The van der Waals surface area contributed by atoms with Gasteiger partial charge in [-0.25, -0.2) is 4.98 Å². The lowest BCUT2D eigenvalue weighted by molar-refractivity contribution is -0.385. The van der Waals surface area contributed by atoms with E-state index in [9.17, 15) is 10.1 Å². The molecule has 2 aromatic heterocycles. The summed E-state index contributed by atoms with van der Waals surface area (Å²) in [4.78, 5) is 20.4. The summed E-state index contributed by atoms with van der Waals surface area (Å²) in [6, 6.07) is 7.49. The average Bonchev–Trinajstić information content (AvgIpc) is 3.01. The summed E-state index contributed by atoms with van der Waals surface area (Å²) >= 11 is 1.79. The van der Waals surface area contributed by atoms with Crippen LogP contribution >= 0.6 is 11.3 Å². The number of hydrogen-bond donors (Lipinski definition) is 0. The van der Waals surface area contributed by atoms with Crippen molar-refractivity contribution in [3.8, 4) is 0 Å². The van der Waals surface area contributed by atoms with E-state index in [0.717, 1.165) is 38.5 Å². The van der Waals surface area contributed by atoms with Crippen LogP contribution in [-0.4, -0.2) is 41.0 Å². The van der Waals surface area contributed by atoms with Gasteiger partial charge in [-0.1, -0.05) is 6.07 Å². The van der Waals surface area contributed by atoms with Crippen LogP contribution < -0.4 is 4.90 Å². The summed E-state index contributed by atoms with van der Waals surface area (Å²) in [5, 5.41) is 12.7. The molecule has 0 atom stereocenters. The fourth-order valence-corrected chi connectivity index (χ4v) is 3.18. The molecule has 0 radical (unpaired) electrons. The van der Waals surface area contributed by atoms with E-state index in [1.165, 1.54) is 17.1 Å². The third kappa shape index (κ3) is 3.37. The van der Waals surface area contributed by atoms with E-state index in [1.54, 1.807) is 17.4 Å². The van der Waals surface area contributed by atoms with Crippen LogP contribution in [-0.2, 0) is 6.54 Å². The number of nitrogens with zero attached hydrogens (tertiary/aromatic N) is 4. The van der Waals surface area contributed by atoms with E-state index in [0.29, 0.717) is 0 Å². The SMILES string of the molecule is O=[N+]([O-])c1ccc(N2CCN(Cc3cccs3)CC2)nc1. The molecule has 7 heteroatoms. The molecule has 2 aromatic rings. The first-order chi connectivity index (χ1) is 10.2. The summed E-state index contributed by atoms with van der Waals surface area (Å²) < 4.78 is 0. The van der Waals surface area contributed by atoms with E-state index in [1.807, 2.05) is 0 Å². The molecule has 3 rings (SSSR count). The number of hydrogen-bond acceptors (Lipinski definition) is 6. The van der Waals surface area contributed by atoms with Crippen LogP contribution in [0, 0.1) is 10.1 Å². The van der Waals surface area contributed by atoms with Crippen molar-refractivity contribution in [2.45, 2.75) is 6.54 Å². The van der Waals surface area contributed by atoms with Gasteiger partial charge in [-0.2, -0.15) is 0 Å². The zero-order valence-corrected chi connectivity index (χ0v) is 12.3. The monoisotopic (exact) mass is 304 g/mol. The smallest absolute Gasteiger partial charge is 0.287 e. The highest BCUT2D eigenvalue weighted by molar-refractivity contribution is 7.09. The second-order valence-corrected chi connectivity index (χ2v) is 6.01. The highest BCUT2D eigenvalue weighted by Crippen LogP contribution is 2.19. The molecular formula is C14H16N4O2S. The summed E-state index contributed by atoms with van der Waals surface area (Å²) in [5.41, 5.74) is 0.0371. The van der Waals surface area contributed by atoms with E-state index < -0.39 is 4.92 Å². The maximum absolute atomic E-state index is 10.6. The molecule has 1 fully saturated rings. The van der Waals surface area contributed by atoms with Crippen LogP contribution in [0.5, 0.6) is 0 Å². The fourth-order valence-electron chi connectivity index (χ4n) is 2.43. The second kappa shape index (κ2) is 6.19. The molecule has 3 heterocycles. The maximum Gasteiger partial charge on any atom is 0.287 e. The Kier molecular flexibility index (Phi) is 4.12. The highest BCUT2D eigenvalue weighted by atomic mass is 32.1. The Morgan fingerprint density at radius 3 is 2.62 bits per heavy atom. The van der Waals surface area contributed by atoms with Gasteiger partial charge in [0.1, 0.15) is 12.0 Å². The van der Waals surface area contributed by atoms with E-state index in [2.05, 4.69) is 32.3 Å². The van der Waals surface area contributed by atoms with Gasteiger partial charge in [0, 0.05) is 43.7 Å². The molecule has 0 spiro atoms. The number of aromatic nitrogens is 1. The molecular weight excluding hydrogens is 288 g/mol. The Balaban J connectivity index is 1.56. The molecule has 0 amide bonds. The van der Waals surface area contributed by atoms with Crippen molar-refractivity contribution in [2.75, 3.05) is 31.1 Å². The zero-order valence-electron chi connectivity index (χ0n) is 11.5. The lowest BCUT2D eigenvalue weighted by Crippen LogP contribution is -2.46. The van der Waals surface area contributed by atoms with Gasteiger partial charge in [-0.3, -0.25) is 15.0 Å². The molecule has 0 unspecified atom stereocenters. The minimum atomic E-state index is -0.421. The van der Waals surface area contributed by atoms with Gasteiger partial charge in [0.25, 0.3) is 5.69 Å². The van der Waals surface area contributed by atoms with Crippen LogP contribution in [0.4, 0.5) is 11.5 Å². The third-order valence-corrected chi connectivity index (χ3v) is 4.46. The molecule has 6 nitrogen and oxygen atoms in total. The van der Waals surface area contributed by atoms with Crippen molar-refractivity contribution < 1.29 is 4.92 Å².